The van der Waals surface area contributed by atoms with Gasteiger partial charge in [-0.05, 0) is 31.7 Å². The highest BCUT2D eigenvalue weighted by atomic mass is 16.2. The third kappa shape index (κ3) is 3.40. The van der Waals surface area contributed by atoms with Crippen LogP contribution in [0.3, 0.4) is 0 Å². The highest BCUT2D eigenvalue weighted by Gasteiger charge is 2.25. The molecule has 0 unspecified atom stereocenters. The van der Waals surface area contributed by atoms with Gasteiger partial charge in [0.05, 0.1) is 5.69 Å². The molecule has 126 valence electrons. The normalized spacial score (nSPS) is 14.8. The molecular formula is C19H24N4O. The van der Waals surface area contributed by atoms with E-state index in [0.717, 1.165) is 44.6 Å². The number of hydrogen-bond donors (Lipinski definition) is 0. The second kappa shape index (κ2) is 7.43. The molecule has 0 atom stereocenters. The van der Waals surface area contributed by atoms with E-state index in [1.54, 1.807) is 0 Å². The van der Waals surface area contributed by atoms with Gasteiger partial charge in [-0.3, -0.25) is 4.79 Å². The van der Waals surface area contributed by atoms with Gasteiger partial charge in [-0.25, -0.2) is 4.68 Å². The summed E-state index contributed by atoms with van der Waals surface area (Å²) in [5.41, 5.74) is 4.09. The average molecular weight is 324 g/mol. The van der Waals surface area contributed by atoms with Crippen molar-refractivity contribution in [1.82, 2.24) is 19.9 Å². The Hall–Kier alpha value is -2.43. The number of carbonyl (C=O) groups excluding carboxylic acids is 1. The van der Waals surface area contributed by atoms with Gasteiger partial charge in [-0.1, -0.05) is 54.1 Å². The molecule has 5 heteroatoms. The summed E-state index contributed by atoms with van der Waals surface area (Å²) in [7, 11) is 0. The molecule has 5 nitrogen and oxygen atoms in total. The number of benzene rings is 1. The van der Waals surface area contributed by atoms with Crippen LogP contribution < -0.4 is 0 Å². The molecule has 0 saturated carbocycles. The number of carbonyl (C=O) groups is 1. The lowest BCUT2D eigenvalue weighted by molar-refractivity contribution is 0.0736. The van der Waals surface area contributed by atoms with Gasteiger partial charge in [0.25, 0.3) is 5.91 Å². The summed E-state index contributed by atoms with van der Waals surface area (Å²) in [6.07, 6.45) is 4.86. The lowest BCUT2D eigenvalue weighted by Gasteiger charge is -2.28. The monoisotopic (exact) mass is 324 g/mol. The van der Waals surface area contributed by atoms with E-state index < -0.39 is 0 Å². The number of nitrogens with zero attached hydrogens (tertiary/aromatic N) is 4. The summed E-state index contributed by atoms with van der Waals surface area (Å²) in [5.74, 6) is 0.0188. The van der Waals surface area contributed by atoms with Crippen molar-refractivity contribution >= 4 is 12.0 Å². The zero-order chi connectivity index (χ0) is 16.9. The zero-order valence-electron chi connectivity index (χ0n) is 14.4. The van der Waals surface area contributed by atoms with Crippen molar-refractivity contribution in [3.05, 3.63) is 52.9 Å². The molecule has 0 N–H and O–H groups in total. The van der Waals surface area contributed by atoms with Crippen molar-refractivity contribution in [1.29, 1.82) is 0 Å². The Balaban J connectivity index is 1.67. The highest BCUT2D eigenvalue weighted by Crippen LogP contribution is 2.21. The SMILES string of the molecule is CCc1c(C(=O)N2CCC(=Cc3ccccc3)CC2)nnn1CC. The fourth-order valence-corrected chi connectivity index (χ4v) is 3.18. The van der Waals surface area contributed by atoms with Gasteiger partial charge >= 0.3 is 0 Å². The van der Waals surface area contributed by atoms with Crippen LogP contribution in [0.15, 0.2) is 35.9 Å². The highest BCUT2D eigenvalue weighted by molar-refractivity contribution is 5.93. The smallest absolute Gasteiger partial charge is 0.276 e. The van der Waals surface area contributed by atoms with Gasteiger partial charge in [-0.15, -0.1) is 5.10 Å². The molecule has 1 aliphatic heterocycles. The number of hydrogen-bond acceptors (Lipinski definition) is 3. The Labute approximate surface area is 143 Å². The lowest BCUT2D eigenvalue weighted by atomic mass is 10.0. The predicted molar refractivity (Wildman–Crippen MR) is 94.6 cm³/mol. The first-order valence-electron chi connectivity index (χ1n) is 8.69. The number of piperidine rings is 1. The molecule has 1 aliphatic rings. The van der Waals surface area contributed by atoms with Crippen LogP contribution in [0.1, 0.15) is 48.4 Å². The maximum Gasteiger partial charge on any atom is 0.276 e. The van der Waals surface area contributed by atoms with Crippen LogP contribution >= 0.6 is 0 Å². The van der Waals surface area contributed by atoms with Crippen LogP contribution in [-0.2, 0) is 13.0 Å². The van der Waals surface area contributed by atoms with Crippen molar-refractivity contribution in [3.63, 3.8) is 0 Å². The Morgan fingerprint density at radius 1 is 1.17 bits per heavy atom. The van der Waals surface area contributed by atoms with Crippen LogP contribution in [0.25, 0.3) is 6.08 Å². The van der Waals surface area contributed by atoms with E-state index in [2.05, 4.69) is 28.5 Å². The Kier molecular flexibility index (Phi) is 5.08. The first-order chi connectivity index (χ1) is 11.7. The minimum absolute atomic E-state index is 0.0188. The Morgan fingerprint density at radius 3 is 2.50 bits per heavy atom. The van der Waals surface area contributed by atoms with Crippen LogP contribution in [0.2, 0.25) is 0 Å². The number of amides is 1. The first-order valence-corrected chi connectivity index (χ1v) is 8.69. The van der Waals surface area contributed by atoms with Crippen molar-refractivity contribution in [2.45, 2.75) is 39.7 Å². The topological polar surface area (TPSA) is 51.0 Å². The second-order valence-corrected chi connectivity index (χ2v) is 6.06. The Morgan fingerprint density at radius 2 is 1.88 bits per heavy atom. The molecule has 2 heterocycles. The molecule has 0 bridgehead atoms. The Bertz CT molecular complexity index is 723. The van der Waals surface area contributed by atoms with E-state index in [9.17, 15) is 4.79 Å². The van der Waals surface area contributed by atoms with Crippen molar-refractivity contribution in [2.75, 3.05) is 13.1 Å². The van der Waals surface area contributed by atoms with E-state index >= 15 is 0 Å². The molecule has 0 aliphatic carbocycles. The lowest BCUT2D eigenvalue weighted by Crippen LogP contribution is -2.37. The number of likely N-dealkylation sites (tertiary alicyclic amines) is 1. The van der Waals surface area contributed by atoms with Crippen molar-refractivity contribution in [2.24, 2.45) is 0 Å². The molecule has 0 radical (unpaired) electrons. The fourth-order valence-electron chi connectivity index (χ4n) is 3.18. The number of aryl methyl sites for hydroxylation is 1. The standard InChI is InChI=1S/C19H24N4O/c1-3-17-18(20-21-23(17)4-2)19(24)22-12-10-16(11-13-22)14-15-8-6-5-7-9-15/h5-9,14H,3-4,10-13H2,1-2H3. The molecule has 1 saturated heterocycles. The molecule has 1 aromatic heterocycles. The van der Waals surface area contributed by atoms with Crippen LogP contribution in [0, 0.1) is 0 Å². The molecule has 1 amide bonds. The molecule has 24 heavy (non-hydrogen) atoms. The summed E-state index contributed by atoms with van der Waals surface area (Å²) in [6, 6.07) is 10.4. The van der Waals surface area contributed by atoms with Crippen LogP contribution in [0.5, 0.6) is 0 Å². The number of rotatable bonds is 4. The molecule has 1 fully saturated rings. The molecule has 2 aromatic rings. The quantitative estimate of drug-likeness (QED) is 0.868. The largest absolute Gasteiger partial charge is 0.337 e. The van der Waals surface area contributed by atoms with Crippen molar-refractivity contribution in [3.8, 4) is 0 Å². The minimum Gasteiger partial charge on any atom is -0.337 e. The summed E-state index contributed by atoms with van der Waals surface area (Å²) in [5, 5.41) is 8.23. The third-order valence-corrected chi connectivity index (χ3v) is 4.54. The van der Waals surface area contributed by atoms with Gasteiger partial charge < -0.3 is 4.90 Å². The van der Waals surface area contributed by atoms with Crippen LogP contribution in [0.4, 0.5) is 0 Å². The van der Waals surface area contributed by atoms with Crippen LogP contribution in [-0.4, -0.2) is 38.9 Å². The van der Waals surface area contributed by atoms with E-state index in [1.807, 2.05) is 41.6 Å². The summed E-state index contributed by atoms with van der Waals surface area (Å²) in [4.78, 5) is 14.7. The molecule has 3 rings (SSSR count). The van der Waals surface area contributed by atoms with Gasteiger partial charge in [0, 0.05) is 19.6 Å². The van der Waals surface area contributed by atoms with Crippen molar-refractivity contribution < 1.29 is 4.79 Å². The van der Waals surface area contributed by atoms with Gasteiger partial charge in [0.2, 0.25) is 0 Å². The molecular weight excluding hydrogens is 300 g/mol. The fraction of sp³-hybridized carbons (Fsp3) is 0.421. The van der Waals surface area contributed by atoms with Gasteiger partial charge in [0.15, 0.2) is 5.69 Å². The number of aromatic nitrogens is 3. The average Bonchev–Trinajstić information content (AvgIpc) is 3.05. The first kappa shape index (κ1) is 16.4. The molecule has 1 aromatic carbocycles. The maximum absolute atomic E-state index is 12.8. The van der Waals surface area contributed by atoms with Gasteiger partial charge in [-0.2, -0.15) is 0 Å². The third-order valence-electron chi connectivity index (χ3n) is 4.54. The molecule has 0 spiro atoms. The summed E-state index contributed by atoms with van der Waals surface area (Å²) >= 11 is 0. The van der Waals surface area contributed by atoms with E-state index in [0.29, 0.717) is 5.69 Å². The van der Waals surface area contributed by atoms with E-state index in [-0.39, 0.29) is 5.91 Å². The zero-order valence-corrected chi connectivity index (χ0v) is 14.4. The van der Waals surface area contributed by atoms with E-state index in [1.165, 1.54) is 11.1 Å². The maximum atomic E-state index is 12.8. The summed E-state index contributed by atoms with van der Waals surface area (Å²) < 4.78 is 1.82. The summed E-state index contributed by atoms with van der Waals surface area (Å²) in [6.45, 7) is 6.30. The minimum atomic E-state index is 0.0188. The van der Waals surface area contributed by atoms with E-state index in [4.69, 9.17) is 0 Å². The second-order valence-electron chi connectivity index (χ2n) is 6.06. The van der Waals surface area contributed by atoms with Gasteiger partial charge in [0.1, 0.15) is 0 Å². The predicted octanol–water partition coefficient (Wildman–Crippen LogP) is 3.18.